The second-order valence-corrected chi connectivity index (χ2v) is 7.30. The van der Waals surface area contributed by atoms with Crippen molar-refractivity contribution in [2.45, 2.75) is 25.2 Å². The Balaban J connectivity index is 1.74. The van der Waals surface area contributed by atoms with E-state index in [-0.39, 0.29) is 17.7 Å². The highest BCUT2D eigenvalue weighted by atomic mass is 16.5. The summed E-state index contributed by atoms with van der Waals surface area (Å²) in [6.07, 6.45) is 5.16. The molecule has 5 heteroatoms. The second kappa shape index (κ2) is 7.97. The van der Waals surface area contributed by atoms with Crippen LogP contribution >= 0.6 is 0 Å². The molecule has 0 unspecified atom stereocenters. The Bertz CT molecular complexity index is 975. The molecular formula is C23H26N2O3. The fraction of sp³-hybridized carbons (Fsp3) is 0.348. The van der Waals surface area contributed by atoms with Crippen molar-refractivity contribution in [2.75, 3.05) is 20.8 Å². The number of amides is 1. The Labute approximate surface area is 165 Å². The first kappa shape index (κ1) is 18.4. The zero-order valence-corrected chi connectivity index (χ0v) is 16.3. The van der Waals surface area contributed by atoms with E-state index in [2.05, 4.69) is 22.4 Å². The number of hydrogen-bond acceptors (Lipinski definition) is 3. The number of aromatic nitrogens is 1. The van der Waals surface area contributed by atoms with E-state index in [4.69, 9.17) is 9.47 Å². The van der Waals surface area contributed by atoms with E-state index in [1.165, 1.54) is 0 Å². The normalized spacial score (nSPS) is 15.1. The largest absolute Gasteiger partial charge is 0.493 e. The molecule has 2 aromatic carbocycles. The number of methoxy groups -OCH3 is 2. The van der Waals surface area contributed by atoms with Gasteiger partial charge < -0.3 is 19.8 Å². The molecule has 1 aromatic heterocycles. The summed E-state index contributed by atoms with van der Waals surface area (Å²) in [5.74, 6) is 1.66. The molecule has 28 heavy (non-hydrogen) atoms. The zero-order valence-electron chi connectivity index (χ0n) is 16.3. The lowest BCUT2D eigenvalue weighted by atomic mass is 9.84. The van der Waals surface area contributed by atoms with E-state index < -0.39 is 0 Å². The molecule has 1 amide bonds. The number of ether oxygens (including phenoxy) is 2. The van der Waals surface area contributed by atoms with E-state index in [0.29, 0.717) is 18.0 Å². The number of rotatable bonds is 7. The smallest absolute Gasteiger partial charge is 0.223 e. The number of carbonyl (C=O) groups is 1. The highest BCUT2D eigenvalue weighted by Crippen LogP contribution is 2.40. The molecule has 0 bridgehead atoms. The highest BCUT2D eigenvalue weighted by molar-refractivity contribution is 5.85. The molecule has 0 saturated heterocycles. The molecule has 1 aliphatic carbocycles. The number of carbonyl (C=O) groups excluding carboxylic acids is 1. The molecule has 0 spiro atoms. The van der Waals surface area contributed by atoms with Gasteiger partial charge in [0, 0.05) is 41.0 Å². The van der Waals surface area contributed by atoms with Crippen LogP contribution in [0.2, 0.25) is 0 Å². The van der Waals surface area contributed by atoms with Crippen LogP contribution in [0.5, 0.6) is 11.5 Å². The summed E-state index contributed by atoms with van der Waals surface area (Å²) in [5.41, 5.74) is 3.21. The van der Waals surface area contributed by atoms with Crippen LogP contribution in [0.1, 0.15) is 36.3 Å². The molecule has 146 valence electrons. The summed E-state index contributed by atoms with van der Waals surface area (Å²) in [4.78, 5) is 15.8. The van der Waals surface area contributed by atoms with Gasteiger partial charge in [0.15, 0.2) is 11.5 Å². The van der Waals surface area contributed by atoms with Crippen LogP contribution in [0, 0.1) is 5.92 Å². The number of benzene rings is 2. The van der Waals surface area contributed by atoms with E-state index >= 15 is 0 Å². The fourth-order valence-corrected chi connectivity index (χ4v) is 3.97. The first-order valence-electron chi connectivity index (χ1n) is 9.77. The zero-order chi connectivity index (χ0) is 19.5. The molecule has 1 heterocycles. The second-order valence-electron chi connectivity index (χ2n) is 7.30. The molecule has 0 radical (unpaired) electrons. The van der Waals surface area contributed by atoms with Crippen LogP contribution in [0.3, 0.4) is 0 Å². The maximum atomic E-state index is 12.5. The van der Waals surface area contributed by atoms with Crippen molar-refractivity contribution >= 4 is 16.8 Å². The minimum atomic E-state index is -0.0507. The van der Waals surface area contributed by atoms with Crippen molar-refractivity contribution in [3.8, 4) is 11.5 Å². The lowest BCUT2D eigenvalue weighted by Gasteiger charge is -2.26. The SMILES string of the molecule is COc1cccc([C@@H](CNC(=O)C2CCC2)c2c[nH]c3ccccc23)c1OC. The van der Waals surface area contributed by atoms with Crippen LogP contribution in [0.15, 0.2) is 48.7 Å². The molecule has 1 fully saturated rings. The monoisotopic (exact) mass is 378 g/mol. The van der Waals surface area contributed by atoms with E-state index in [0.717, 1.165) is 41.3 Å². The van der Waals surface area contributed by atoms with Crippen molar-refractivity contribution in [2.24, 2.45) is 5.92 Å². The van der Waals surface area contributed by atoms with Crippen LogP contribution in [0.25, 0.3) is 10.9 Å². The average molecular weight is 378 g/mol. The minimum Gasteiger partial charge on any atom is -0.493 e. The van der Waals surface area contributed by atoms with Gasteiger partial charge in [0.1, 0.15) is 0 Å². The number of nitrogens with one attached hydrogen (secondary N) is 2. The van der Waals surface area contributed by atoms with E-state index in [1.54, 1.807) is 14.2 Å². The number of H-pyrrole nitrogens is 1. The van der Waals surface area contributed by atoms with Crippen molar-refractivity contribution in [1.29, 1.82) is 0 Å². The molecule has 0 aliphatic heterocycles. The summed E-state index contributed by atoms with van der Waals surface area (Å²) in [6, 6.07) is 14.1. The number of aromatic amines is 1. The van der Waals surface area contributed by atoms with Gasteiger partial charge in [-0.15, -0.1) is 0 Å². The van der Waals surface area contributed by atoms with Crippen molar-refractivity contribution in [1.82, 2.24) is 10.3 Å². The van der Waals surface area contributed by atoms with Gasteiger partial charge in [-0.2, -0.15) is 0 Å². The Morgan fingerprint density at radius 3 is 2.64 bits per heavy atom. The number of fused-ring (bicyclic) bond motifs is 1. The Hall–Kier alpha value is -2.95. The molecule has 4 rings (SSSR count). The van der Waals surface area contributed by atoms with Gasteiger partial charge in [-0.3, -0.25) is 4.79 Å². The van der Waals surface area contributed by atoms with Crippen molar-refractivity contribution < 1.29 is 14.3 Å². The summed E-state index contributed by atoms with van der Waals surface area (Å²) < 4.78 is 11.2. The molecule has 1 aliphatic rings. The lowest BCUT2D eigenvalue weighted by Crippen LogP contribution is -2.37. The van der Waals surface area contributed by atoms with Crippen LogP contribution in [-0.4, -0.2) is 31.7 Å². The molecule has 1 atom stereocenters. The standard InChI is InChI=1S/C23H26N2O3/c1-27-21-12-6-10-17(22(21)28-2)19(14-25-23(26)15-7-5-8-15)18-13-24-20-11-4-3-9-16(18)20/h3-4,6,9-13,15,19,24H,5,7-8,14H2,1-2H3,(H,25,26)/t19-/m1/s1. The van der Waals surface area contributed by atoms with Crippen LogP contribution < -0.4 is 14.8 Å². The minimum absolute atomic E-state index is 0.0507. The Kier molecular flexibility index (Phi) is 5.24. The highest BCUT2D eigenvalue weighted by Gasteiger charge is 2.28. The summed E-state index contributed by atoms with van der Waals surface area (Å²) >= 11 is 0. The summed E-state index contributed by atoms with van der Waals surface area (Å²) in [7, 11) is 3.29. The van der Waals surface area contributed by atoms with Gasteiger partial charge in [0.25, 0.3) is 0 Å². The third-order valence-corrected chi connectivity index (χ3v) is 5.76. The maximum Gasteiger partial charge on any atom is 0.223 e. The van der Waals surface area contributed by atoms with Gasteiger partial charge in [-0.25, -0.2) is 0 Å². The predicted molar refractivity (Wildman–Crippen MR) is 110 cm³/mol. The molecule has 2 N–H and O–H groups in total. The Morgan fingerprint density at radius 2 is 1.93 bits per heavy atom. The summed E-state index contributed by atoms with van der Waals surface area (Å²) in [5, 5.41) is 4.32. The molecule has 3 aromatic rings. The third kappa shape index (κ3) is 3.33. The van der Waals surface area contributed by atoms with E-state index in [9.17, 15) is 4.79 Å². The van der Waals surface area contributed by atoms with Gasteiger partial charge in [-0.05, 0) is 30.5 Å². The van der Waals surface area contributed by atoms with Crippen LogP contribution in [-0.2, 0) is 4.79 Å². The third-order valence-electron chi connectivity index (χ3n) is 5.76. The first-order chi connectivity index (χ1) is 13.7. The van der Waals surface area contributed by atoms with Crippen molar-refractivity contribution in [3.05, 3.63) is 59.8 Å². The lowest BCUT2D eigenvalue weighted by molar-refractivity contribution is -0.127. The quantitative estimate of drug-likeness (QED) is 0.647. The maximum absolute atomic E-state index is 12.5. The van der Waals surface area contributed by atoms with E-state index in [1.807, 2.05) is 36.5 Å². The van der Waals surface area contributed by atoms with Crippen molar-refractivity contribution in [3.63, 3.8) is 0 Å². The van der Waals surface area contributed by atoms with Crippen LogP contribution in [0.4, 0.5) is 0 Å². The fourth-order valence-electron chi connectivity index (χ4n) is 3.97. The van der Waals surface area contributed by atoms with Gasteiger partial charge in [0.2, 0.25) is 5.91 Å². The first-order valence-corrected chi connectivity index (χ1v) is 9.77. The van der Waals surface area contributed by atoms with Gasteiger partial charge >= 0.3 is 0 Å². The average Bonchev–Trinajstić information content (AvgIpc) is 3.10. The number of para-hydroxylation sites is 2. The number of hydrogen-bond donors (Lipinski definition) is 2. The van der Waals surface area contributed by atoms with Gasteiger partial charge in [0.05, 0.1) is 14.2 Å². The summed E-state index contributed by atoms with van der Waals surface area (Å²) in [6.45, 7) is 0.515. The van der Waals surface area contributed by atoms with Gasteiger partial charge in [-0.1, -0.05) is 36.8 Å². The molecular weight excluding hydrogens is 352 g/mol. The predicted octanol–water partition coefficient (Wildman–Crippen LogP) is 4.23. The molecule has 5 nitrogen and oxygen atoms in total. The molecule has 1 saturated carbocycles. The topological polar surface area (TPSA) is 63.3 Å². The Morgan fingerprint density at radius 1 is 1.11 bits per heavy atom.